The summed E-state index contributed by atoms with van der Waals surface area (Å²) in [6.07, 6.45) is 21.7. The van der Waals surface area contributed by atoms with E-state index >= 15 is 0 Å². The van der Waals surface area contributed by atoms with Crippen LogP contribution in [0.1, 0.15) is 91.9 Å². The van der Waals surface area contributed by atoms with E-state index < -0.39 is 0 Å². The van der Waals surface area contributed by atoms with Gasteiger partial charge in [0.2, 0.25) is 0 Å². The van der Waals surface area contributed by atoms with E-state index in [1.54, 1.807) is 5.57 Å². The van der Waals surface area contributed by atoms with Gasteiger partial charge in [-0.3, -0.25) is 0 Å². The first-order chi connectivity index (χ1) is 10.3. The van der Waals surface area contributed by atoms with Crippen molar-refractivity contribution in [2.45, 2.75) is 91.9 Å². The van der Waals surface area contributed by atoms with Crippen LogP contribution in [-0.4, -0.2) is 0 Å². The van der Waals surface area contributed by atoms with Crippen LogP contribution in [0.15, 0.2) is 23.8 Å². The van der Waals surface area contributed by atoms with Crippen molar-refractivity contribution in [3.8, 4) is 0 Å². The number of unbranched alkanes of at least 4 members (excludes halogenated alkanes) is 7. The number of fused-ring (bicyclic) bond motifs is 1. The molecule has 2 aliphatic carbocycles. The van der Waals surface area contributed by atoms with Gasteiger partial charge in [-0.1, -0.05) is 97.3 Å². The van der Waals surface area contributed by atoms with E-state index in [-0.39, 0.29) is 0 Å². The van der Waals surface area contributed by atoms with Crippen molar-refractivity contribution in [1.82, 2.24) is 0 Å². The van der Waals surface area contributed by atoms with Crippen LogP contribution >= 0.6 is 0 Å². The van der Waals surface area contributed by atoms with Crippen molar-refractivity contribution in [2.75, 3.05) is 0 Å². The lowest BCUT2D eigenvalue weighted by molar-refractivity contribution is 0.523. The zero-order valence-electron chi connectivity index (χ0n) is 15.0. The highest BCUT2D eigenvalue weighted by Gasteiger charge is 2.35. The molecule has 1 saturated carbocycles. The molecule has 21 heavy (non-hydrogen) atoms. The molecular formula is C21H38. The van der Waals surface area contributed by atoms with Crippen molar-refractivity contribution in [2.24, 2.45) is 17.8 Å². The highest BCUT2D eigenvalue weighted by atomic mass is 14.4. The summed E-state index contributed by atoms with van der Waals surface area (Å²) < 4.78 is 0. The van der Waals surface area contributed by atoms with Crippen LogP contribution in [0.2, 0.25) is 0 Å². The molecule has 3 atom stereocenters. The van der Waals surface area contributed by atoms with Gasteiger partial charge in [0.15, 0.2) is 0 Å². The molecule has 0 saturated heterocycles. The van der Waals surface area contributed by atoms with E-state index in [9.17, 15) is 0 Å². The van der Waals surface area contributed by atoms with Crippen molar-refractivity contribution in [3.05, 3.63) is 23.8 Å². The van der Waals surface area contributed by atoms with Gasteiger partial charge in [-0.25, -0.2) is 0 Å². The fourth-order valence-corrected chi connectivity index (χ4v) is 3.27. The maximum atomic E-state index is 2.56. The summed E-state index contributed by atoms with van der Waals surface area (Å²) in [4.78, 5) is 0. The second-order valence-electron chi connectivity index (χ2n) is 6.75. The summed E-state index contributed by atoms with van der Waals surface area (Å²) >= 11 is 0. The lowest BCUT2D eigenvalue weighted by Crippen LogP contribution is -2.00. The lowest BCUT2D eigenvalue weighted by atomic mass is 9.91. The molecule has 0 amide bonds. The predicted octanol–water partition coefficient (Wildman–Crippen LogP) is 7.31. The van der Waals surface area contributed by atoms with Crippen LogP contribution in [0, 0.1) is 17.8 Å². The van der Waals surface area contributed by atoms with Gasteiger partial charge >= 0.3 is 0 Å². The van der Waals surface area contributed by atoms with Crippen molar-refractivity contribution < 1.29 is 0 Å². The van der Waals surface area contributed by atoms with Crippen LogP contribution in [0.25, 0.3) is 0 Å². The first-order valence-electron chi connectivity index (χ1n) is 9.71. The number of hydrogen-bond donors (Lipinski definition) is 0. The molecule has 0 spiro atoms. The van der Waals surface area contributed by atoms with Gasteiger partial charge in [-0.05, 0) is 36.2 Å². The predicted molar refractivity (Wildman–Crippen MR) is 96.6 cm³/mol. The smallest absolute Gasteiger partial charge is 0.0158 e. The van der Waals surface area contributed by atoms with Gasteiger partial charge in [0.25, 0.3) is 0 Å². The highest BCUT2D eigenvalue weighted by Crippen LogP contribution is 2.45. The first-order valence-corrected chi connectivity index (χ1v) is 9.71. The van der Waals surface area contributed by atoms with E-state index in [1.165, 1.54) is 64.2 Å². The molecule has 3 unspecified atom stereocenters. The van der Waals surface area contributed by atoms with Crippen LogP contribution in [-0.2, 0) is 0 Å². The molecule has 122 valence electrons. The number of hydrogen-bond acceptors (Lipinski definition) is 0. The first kappa shape index (κ1) is 18.5. The Labute approximate surface area is 134 Å². The van der Waals surface area contributed by atoms with Gasteiger partial charge in [0.1, 0.15) is 0 Å². The number of rotatable bonds is 10. The largest absolute Gasteiger partial charge is 0.0805 e. The van der Waals surface area contributed by atoms with Gasteiger partial charge < -0.3 is 0 Å². The second-order valence-corrected chi connectivity index (χ2v) is 6.75. The van der Waals surface area contributed by atoms with Crippen molar-refractivity contribution in [3.63, 3.8) is 0 Å². The molecule has 0 N–H and O–H groups in total. The molecule has 0 aromatic carbocycles. The molecule has 2 aliphatic rings. The molecule has 0 heterocycles. The molecule has 0 aliphatic heterocycles. The Hall–Kier alpha value is -0.520. The van der Waals surface area contributed by atoms with Gasteiger partial charge in [0.05, 0.1) is 0 Å². The van der Waals surface area contributed by atoms with Crippen molar-refractivity contribution >= 4 is 0 Å². The summed E-state index contributed by atoms with van der Waals surface area (Å²) in [5.74, 6) is 2.62. The van der Waals surface area contributed by atoms with E-state index in [2.05, 4.69) is 32.1 Å². The average Bonchev–Trinajstić information content (AvgIpc) is 3.30. The number of allylic oxidation sites excluding steroid dienone is 4. The molecule has 2 rings (SSSR count). The van der Waals surface area contributed by atoms with Crippen LogP contribution in [0.5, 0.6) is 0 Å². The molecular weight excluding hydrogens is 252 g/mol. The lowest BCUT2D eigenvalue weighted by Gasteiger charge is -2.15. The van der Waals surface area contributed by atoms with Crippen LogP contribution < -0.4 is 0 Å². The summed E-state index contributed by atoms with van der Waals surface area (Å²) in [5, 5.41) is 0. The minimum Gasteiger partial charge on any atom is -0.0805 e. The fourth-order valence-electron chi connectivity index (χ4n) is 3.27. The normalized spacial score (nSPS) is 23.7. The topological polar surface area (TPSA) is 0 Å². The summed E-state index contributed by atoms with van der Waals surface area (Å²) in [6, 6.07) is 0. The third-order valence-corrected chi connectivity index (χ3v) is 4.89. The van der Waals surface area contributed by atoms with Gasteiger partial charge in [-0.15, -0.1) is 0 Å². The maximum absolute atomic E-state index is 2.56. The third-order valence-electron chi connectivity index (χ3n) is 4.89. The standard InChI is InChI=1S/C19H32.C2H6/c1-3-4-5-6-7-8-9-10-11-16(2)17-12-13-18-15-19(18)14-17;1-2/h12-14,16,18-19H,3-11,15H2,1-2H3;1-2H3. The molecule has 0 aromatic heterocycles. The molecule has 0 bridgehead atoms. The molecule has 0 radical (unpaired) electrons. The van der Waals surface area contributed by atoms with Crippen LogP contribution in [0.3, 0.4) is 0 Å². The monoisotopic (exact) mass is 290 g/mol. The Kier molecular flexibility index (Phi) is 9.79. The van der Waals surface area contributed by atoms with E-state index in [0.717, 1.165) is 17.8 Å². The second kappa shape index (κ2) is 11.1. The summed E-state index contributed by atoms with van der Waals surface area (Å²) in [6.45, 7) is 8.71. The SMILES string of the molecule is CC.CCCCCCCCCCC(C)C1=CC2CC2C=C1. The fraction of sp³-hybridized carbons (Fsp3) is 0.810. The van der Waals surface area contributed by atoms with Crippen LogP contribution in [0.4, 0.5) is 0 Å². The zero-order chi connectivity index (χ0) is 15.5. The third kappa shape index (κ3) is 7.34. The minimum atomic E-state index is 0.790. The minimum absolute atomic E-state index is 0.790. The Morgan fingerprint density at radius 2 is 1.57 bits per heavy atom. The van der Waals surface area contributed by atoms with Gasteiger partial charge in [0, 0.05) is 0 Å². The quantitative estimate of drug-likeness (QED) is 0.370. The Morgan fingerprint density at radius 1 is 0.952 bits per heavy atom. The Morgan fingerprint density at radius 3 is 2.19 bits per heavy atom. The molecule has 0 heteroatoms. The van der Waals surface area contributed by atoms with Gasteiger partial charge in [-0.2, -0.15) is 0 Å². The molecule has 0 aromatic rings. The van der Waals surface area contributed by atoms with E-state index in [0.29, 0.717) is 0 Å². The Balaban J connectivity index is 0.00000106. The van der Waals surface area contributed by atoms with E-state index in [1.807, 2.05) is 13.8 Å². The average molecular weight is 291 g/mol. The molecule has 1 fully saturated rings. The van der Waals surface area contributed by atoms with Crippen molar-refractivity contribution in [1.29, 1.82) is 0 Å². The highest BCUT2D eigenvalue weighted by molar-refractivity contribution is 5.32. The maximum Gasteiger partial charge on any atom is -0.0158 e. The van der Waals surface area contributed by atoms with E-state index in [4.69, 9.17) is 0 Å². The summed E-state index contributed by atoms with van der Waals surface area (Å²) in [7, 11) is 0. The zero-order valence-corrected chi connectivity index (χ0v) is 15.0. The molecule has 0 nitrogen and oxygen atoms in total. The summed E-state index contributed by atoms with van der Waals surface area (Å²) in [5.41, 5.74) is 1.63. The Bertz CT molecular complexity index is 310.